The van der Waals surface area contributed by atoms with Crippen molar-refractivity contribution in [2.24, 2.45) is 0 Å². The van der Waals surface area contributed by atoms with Crippen LogP contribution in [0.25, 0.3) is 0 Å². The van der Waals surface area contributed by atoms with Gasteiger partial charge in [-0.3, -0.25) is 5.10 Å². The van der Waals surface area contributed by atoms with Crippen LogP contribution in [0, 0.1) is 13.8 Å². The van der Waals surface area contributed by atoms with Gasteiger partial charge in [-0.1, -0.05) is 0 Å². The van der Waals surface area contributed by atoms with Crippen LogP contribution in [-0.4, -0.2) is 31.2 Å². The topological polar surface area (TPSA) is 101 Å². The predicted octanol–water partition coefficient (Wildman–Crippen LogP) is 1.31. The molecule has 17 heavy (non-hydrogen) atoms. The van der Waals surface area contributed by atoms with Crippen LogP contribution in [-0.2, 0) is 0 Å². The Bertz CT molecular complexity index is 564. The molecule has 2 heterocycles. The van der Waals surface area contributed by atoms with Gasteiger partial charge in [0.15, 0.2) is 0 Å². The molecular formula is C10H10N4O3. The van der Waals surface area contributed by atoms with E-state index in [2.05, 4.69) is 20.2 Å². The molecule has 0 radical (unpaired) electrons. The van der Waals surface area contributed by atoms with Gasteiger partial charge in [0.25, 0.3) is 0 Å². The maximum absolute atomic E-state index is 10.8. The number of nitrogens with one attached hydrogen (secondary N) is 1. The van der Waals surface area contributed by atoms with E-state index in [0.29, 0.717) is 11.6 Å². The smallest absolute Gasteiger partial charge is 0.339 e. The second-order valence-corrected chi connectivity index (χ2v) is 3.45. The summed E-state index contributed by atoms with van der Waals surface area (Å²) in [6.07, 6.45) is 1.21. The van der Waals surface area contributed by atoms with Crippen LogP contribution in [0.15, 0.2) is 12.3 Å². The van der Waals surface area contributed by atoms with E-state index in [9.17, 15) is 4.79 Å². The van der Waals surface area contributed by atoms with Gasteiger partial charge in [-0.25, -0.2) is 9.78 Å². The lowest BCUT2D eigenvalue weighted by atomic mass is 10.2. The SMILES string of the molecule is Cc1cc(Oc2ncc(C(=O)O)c(C)n2)n[nH]1. The average molecular weight is 234 g/mol. The summed E-state index contributed by atoms with van der Waals surface area (Å²) >= 11 is 0. The van der Waals surface area contributed by atoms with Crippen molar-refractivity contribution in [2.45, 2.75) is 13.8 Å². The van der Waals surface area contributed by atoms with Crippen molar-refractivity contribution in [3.8, 4) is 11.9 Å². The number of aryl methyl sites for hydroxylation is 2. The number of ether oxygens (including phenoxy) is 1. The van der Waals surface area contributed by atoms with E-state index in [4.69, 9.17) is 9.84 Å². The van der Waals surface area contributed by atoms with Crippen LogP contribution >= 0.6 is 0 Å². The van der Waals surface area contributed by atoms with Crippen LogP contribution in [0.1, 0.15) is 21.7 Å². The van der Waals surface area contributed by atoms with Crippen LogP contribution in [0.2, 0.25) is 0 Å². The molecule has 0 fully saturated rings. The number of hydrogen-bond donors (Lipinski definition) is 2. The molecule has 0 saturated heterocycles. The molecule has 2 N–H and O–H groups in total. The van der Waals surface area contributed by atoms with E-state index >= 15 is 0 Å². The van der Waals surface area contributed by atoms with Gasteiger partial charge in [-0.2, -0.15) is 4.98 Å². The van der Waals surface area contributed by atoms with Crippen LogP contribution in [0.4, 0.5) is 0 Å². The van der Waals surface area contributed by atoms with Gasteiger partial charge in [0.2, 0.25) is 5.88 Å². The Hall–Kier alpha value is -2.44. The number of aromatic nitrogens is 4. The number of aromatic amines is 1. The van der Waals surface area contributed by atoms with Crippen molar-refractivity contribution in [3.05, 3.63) is 29.2 Å². The molecule has 0 aromatic carbocycles. The summed E-state index contributed by atoms with van der Waals surface area (Å²) in [7, 11) is 0. The minimum atomic E-state index is -1.07. The summed E-state index contributed by atoms with van der Waals surface area (Å²) in [5, 5.41) is 15.4. The second kappa shape index (κ2) is 4.20. The Labute approximate surface area is 96.5 Å². The number of carboxylic acid groups (broad SMARTS) is 1. The summed E-state index contributed by atoms with van der Waals surface area (Å²) in [5.74, 6) is -0.727. The molecule has 7 heteroatoms. The van der Waals surface area contributed by atoms with Gasteiger partial charge in [0, 0.05) is 18.0 Å². The van der Waals surface area contributed by atoms with Crippen molar-refractivity contribution in [2.75, 3.05) is 0 Å². The molecule has 0 aliphatic rings. The van der Waals surface area contributed by atoms with Crippen molar-refractivity contribution in [1.29, 1.82) is 0 Å². The van der Waals surface area contributed by atoms with E-state index < -0.39 is 5.97 Å². The highest BCUT2D eigenvalue weighted by Gasteiger charge is 2.11. The lowest BCUT2D eigenvalue weighted by Crippen LogP contribution is -2.04. The maximum Gasteiger partial charge on any atom is 0.339 e. The summed E-state index contributed by atoms with van der Waals surface area (Å²) in [5.41, 5.74) is 1.24. The van der Waals surface area contributed by atoms with Crippen LogP contribution in [0.3, 0.4) is 0 Å². The first-order valence-corrected chi connectivity index (χ1v) is 4.83. The van der Waals surface area contributed by atoms with E-state index in [1.807, 2.05) is 6.92 Å². The molecule has 0 aliphatic heterocycles. The largest absolute Gasteiger partial charge is 0.478 e. The third kappa shape index (κ3) is 2.39. The lowest BCUT2D eigenvalue weighted by molar-refractivity contribution is 0.0695. The molecular weight excluding hydrogens is 224 g/mol. The van der Waals surface area contributed by atoms with Gasteiger partial charge >= 0.3 is 12.0 Å². The third-order valence-electron chi connectivity index (χ3n) is 2.07. The standard InChI is InChI=1S/C10H10N4O3/c1-5-3-8(14-13-5)17-10-11-4-7(9(15)16)6(2)12-10/h3-4H,1-2H3,(H,13,14)(H,15,16). The highest BCUT2D eigenvalue weighted by atomic mass is 16.5. The molecule has 0 atom stereocenters. The molecule has 0 unspecified atom stereocenters. The normalized spacial score (nSPS) is 10.2. The summed E-state index contributed by atoms with van der Waals surface area (Å²) in [4.78, 5) is 18.5. The summed E-state index contributed by atoms with van der Waals surface area (Å²) in [6.45, 7) is 3.41. The van der Waals surface area contributed by atoms with Gasteiger partial charge in [0.1, 0.15) is 0 Å². The zero-order valence-corrected chi connectivity index (χ0v) is 9.26. The average Bonchev–Trinajstić information content (AvgIpc) is 2.63. The number of rotatable bonds is 3. The van der Waals surface area contributed by atoms with Crippen molar-refractivity contribution >= 4 is 5.97 Å². The first-order valence-electron chi connectivity index (χ1n) is 4.83. The van der Waals surface area contributed by atoms with E-state index in [1.165, 1.54) is 6.20 Å². The van der Waals surface area contributed by atoms with E-state index in [0.717, 1.165) is 5.69 Å². The molecule has 0 amide bonds. The molecule has 0 aliphatic carbocycles. The fourth-order valence-corrected chi connectivity index (χ4v) is 1.24. The van der Waals surface area contributed by atoms with Crippen molar-refractivity contribution in [1.82, 2.24) is 20.2 Å². The molecule has 7 nitrogen and oxygen atoms in total. The van der Waals surface area contributed by atoms with Gasteiger partial charge in [-0.05, 0) is 13.8 Å². The minimum Gasteiger partial charge on any atom is -0.478 e. The lowest BCUT2D eigenvalue weighted by Gasteiger charge is -2.02. The van der Waals surface area contributed by atoms with Crippen molar-refractivity contribution < 1.29 is 14.6 Å². The Morgan fingerprint density at radius 2 is 2.24 bits per heavy atom. The van der Waals surface area contributed by atoms with Gasteiger partial charge in [0.05, 0.1) is 11.3 Å². The fraction of sp³-hybridized carbons (Fsp3) is 0.200. The quantitative estimate of drug-likeness (QED) is 0.830. The number of carbonyl (C=O) groups is 1. The molecule has 88 valence electrons. The Morgan fingerprint density at radius 1 is 1.47 bits per heavy atom. The van der Waals surface area contributed by atoms with E-state index in [1.54, 1.807) is 13.0 Å². The van der Waals surface area contributed by atoms with Gasteiger partial charge in [-0.15, -0.1) is 5.10 Å². The number of hydrogen-bond acceptors (Lipinski definition) is 5. The highest BCUT2D eigenvalue weighted by molar-refractivity contribution is 5.88. The molecule has 2 aromatic heterocycles. The maximum atomic E-state index is 10.8. The molecule has 0 spiro atoms. The minimum absolute atomic E-state index is 0.0514. The van der Waals surface area contributed by atoms with E-state index in [-0.39, 0.29) is 11.6 Å². The molecule has 2 rings (SSSR count). The number of nitrogens with zero attached hydrogens (tertiary/aromatic N) is 3. The second-order valence-electron chi connectivity index (χ2n) is 3.45. The number of aromatic carboxylic acids is 1. The monoisotopic (exact) mass is 234 g/mol. The fourth-order valence-electron chi connectivity index (χ4n) is 1.24. The Morgan fingerprint density at radius 3 is 2.76 bits per heavy atom. The third-order valence-corrected chi connectivity index (χ3v) is 2.07. The zero-order chi connectivity index (χ0) is 12.4. The number of carboxylic acids is 1. The van der Waals surface area contributed by atoms with Gasteiger partial charge < -0.3 is 9.84 Å². The summed E-state index contributed by atoms with van der Waals surface area (Å²) < 4.78 is 5.26. The first-order chi connectivity index (χ1) is 8.06. The molecule has 0 bridgehead atoms. The Kier molecular flexibility index (Phi) is 2.73. The molecule has 0 saturated carbocycles. The summed E-state index contributed by atoms with van der Waals surface area (Å²) in [6, 6.07) is 1.75. The van der Waals surface area contributed by atoms with Crippen molar-refractivity contribution in [3.63, 3.8) is 0 Å². The molecule has 2 aromatic rings. The number of H-pyrrole nitrogens is 1. The Balaban J connectivity index is 2.23. The first kappa shape index (κ1) is 11.1. The zero-order valence-electron chi connectivity index (χ0n) is 9.26. The predicted molar refractivity (Wildman–Crippen MR) is 57.1 cm³/mol. The van der Waals surface area contributed by atoms with Crippen LogP contribution in [0.5, 0.6) is 11.9 Å². The highest BCUT2D eigenvalue weighted by Crippen LogP contribution is 2.16. The van der Waals surface area contributed by atoms with Crippen LogP contribution < -0.4 is 4.74 Å².